The van der Waals surface area contributed by atoms with Gasteiger partial charge in [-0.3, -0.25) is 4.99 Å². The largest absolute Gasteiger partial charge is 0.277 e. The van der Waals surface area contributed by atoms with Crippen LogP contribution in [-0.2, 0) is 0 Å². The van der Waals surface area contributed by atoms with Crippen molar-refractivity contribution >= 4 is 19.2 Å². The van der Waals surface area contributed by atoms with Crippen molar-refractivity contribution in [3.05, 3.63) is 0 Å². The van der Waals surface area contributed by atoms with E-state index < -0.39 is 0 Å². The molecule has 0 atom stereocenters. The predicted octanol–water partition coefficient (Wildman–Crippen LogP) is -0.335. The van der Waals surface area contributed by atoms with Crippen LogP contribution in [0.2, 0.25) is 0 Å². The number of nitrogens with two attached hydrogens (primary N) is 1. The second-order valence-corrected chi connectivity index (χ2v) is 1.22. The van der Waals surface area contributed by atoms with Gasteiger partial charge in [-0.1, -0.05) is 0 Å². The smallest absolute Gasteiger partial charge is 0.110 e. The molecule has 0 saturated carbocycles. The molecular weight excluding hydrogens is 98.1 g/mol. The van der Waals surface area contributed by atoms with Gasteiger partial charge in [-0.15, -0.1) is 0 Å². The number of hydrogen-bond donors (Lipinski definition) is 2. The van der Waals surface area contributed by atoms with E-state index in [0.717, 1.165) is 4.41 Å². The Morgan fingerprint density at radius 3 is 2.50 bits per heavy atom. The zero-order valence-corrected chi connectivity index (χ0v) is 4.39. The molecule has 0 rings (SSSR count). The molecule has 0 bridgehead atoms. The van der Waals surface area contributed by atoms with Gasteiger partial charge in [0.25, 0.3) is 0 Å². The van der Waals surface area contributed by atoms with E-state index in [1.807, 2.05) is 0 Å². The summed E-state index contributed by atoms with van der Waals surface area (Å²) in [5.41, 5.74) is 0. The molecule has 0 aliphatic carbocycles. The number of rotatable bonds is 1. The highest BCUT2D eigenvalue weighted by Crippen LogP contribution is 1.69. The van der Waals surface area contributed by atoms with Crippen molar-refractivity contribution < 1.29 is 0 Å². The molecule has 0 spiro atoms. The summed E-state index contributed by atoms with van der Waals surface area (Å²) in [6.45, 7) is 0. The molecule has 36 valence electrons. The minimum atomic E-state index is 1.08. The molecule has 0 aromatic heterocycles. The van der Waals surface area contributed by atoms with E-state index in [9.17, 15) is 0 Å². The van der Waals surface area contributed by atoms with Crippen molar-refractivity contribution in [1.82, 2.24) is 4.41 Å². The monoisotopic (exact) mass is 105 g/mol. The molecule has 0 aromatic rings. The average Bonchev–Trinajstić information content (AvgIpc) is 1.35. The molecule has 4 heteroatoms. The summed E-state index contributed by atoms with van der Waals surface area (Å²) in [4.78, 5) is 3.53. The fourth-order valence-electron chi connectivity index (χ4n) is 0.118. The molecule has 3 nitrogen and oxygen atoms in total. The van der Waals surface area contributed by atoms with Crippen LogP contribution in [0.4, 0.5) is 0 Å². The molecule has 0 aliphatic heterocycles. The third-order valence-corrected chi connectivity index (χ3v) is 0.337. The summed E-state index contributed by atoms with van der Waals surface area (Å²) in [6, 6.07) is 0. The standard InChI is InChI=1S/C2H7N3S/c1-4-2-5(3)6/h2,6H,3H2,1H3. The Balaban J connectivity index is 3.03. The third kappa shape index (κ3) is 3.78. The maximum atomic E-state index is 4.95. The second-order valence-electron chi connectivity index (χ2n) is 0.754. The Morgan fingerprint density at radius 1 is 2.00 bits per heavy atom. The van der Waals surface area contributed by atoms with E-state index in [0.29, 0.717) is 0 Å². The minimum absolute atomic E-state index is 1.08. The van der Waals surface area contributed by atoms with E-state index in [4.69, 9.17) is 5.84 Å². The molecule has 2 N–H and O–H groups in total. The van der Waals surface area contributed by atoms with Crippen LogP contribution in [0.5, 0.6) is 0 Å². The van der Waals surface area contributed by atoms with Crippen molar-refractivity contribution in [2.45, 2.75) is 0 Å². The van der Waals surface area contributed by atoms with Crippen molar-refractivity contribution in [1.29, 1.82) is 0 Å². The zero-order valence-electron chi connectivity index (χ0n) is 3.50. The van der Waals surface area contributed by atoms with Gasteiger partial charge in [0.05, 0.1) is 0 Å². The van der Waals surface area contributed by atoms with Crippen molar-refractivity contribution in [3.8, 4) is 0 Å². The minimum Gasteiger partial charge on any atom is -0.277 e. The first kappa shape index (κ1) is 5.78. The van der Waals surface area contributed by atoms with Gasteiger partial charge in [0.15, 0.2) is 0 Å². The molecule has 0 aromatic carbocycles. The summed E-state index contributed by atoms with van der Waals surface area (Å²) in [6.07, 6.45) is 1.39. The van der Waals surface area contributed by atoms with Crippen molar-refractivity contribution in [2.75, 3.05) is 7.05 Å². The number of hydrogen-bond acceptors (Lipinski definition) is 3. The van der Waals surface area contributed by atoms with E-state index in [1.165, 1.54) is 6.34 Å². The Hall–Kier alpha value is -0.220. The topological polar surface area (TPSA) is 41.6 Å². The number of hydrazine groups is 1. The van der Waals surface area contributed by atoms with Crippen LogP contribution in [0.15, 0.2) is 4.99 Å². The van der Waals surface area contributed by atoms with Gasteiger partial charge in [-0.05, 0) is 12.8 Å². The van der Waals surface area contributed by atoms with Gasteiger partial charge < -0.3 is 0 Å². The van der Waals surface area contributed by atoms with Crippen LogP contribution in [0.25, 0.3) is 0 Å². The SMILES string of the molecule is CN=CN(N)S. The lowest BCUT2D eigenvalue weighted by molar-refractivity contribution is 0.764. The lowest BCUT2D eigenvalue weighted by atomic mass is 11.2. The first-order valence-corrected chi connectivity index (χ1v) is 1.82. The summed E-state index contributed by atoms with van der Waals surface area (Å²) in [7, 11) is 1.62. The van der Waals surface area contributed by atoms with Crippen LogP contribution in [0.1, 0.15) is 0 Å². The van der Waals surface area contributed by atoms with Gasteiger partial charge in [-0.25, -0.2) is 10.3 Å². The Bertz CT molecular complexity index is 50.8. The predicted molar refractivity (Wildman–Crippen MR) is 29.4 cm³/mol. The number of aliphatic imine (C=N–C) groups is 1. The molecule has 0 heterocycles. The molecule has 0 aliphatic rings. The molecular formula is C2H7N3S. The van der Waals surface area contributed by atoms with Gasteiger partial charge in [0.2, 0.25) is 0 Å². The highest BCUT2D eigenvalue weighted by atomic mass is 32.1. The van der Waals surface area contributed by atoms with Crippen LogP contribution < -0.4 is 5.84 Å². The third-order valence-electron chi connectivity index (χ3n) is 0.234. The second kappa shape index (κ2) is 2.99. The lowest BCUT2D eigenvalue weighted by Crippen LogP contribution is -2.16. The molecule has 0 amide bonds. The normalized spacial score (nSPS) is 9.83. The van der Waals surface area contributed by atoms with Crippen LogP contribution in [0.3, 0.4) is 0 Å². The molecule has 0 radical (unpaired) electrons. The maximum Gasteiger partial charge on any atom is 0.110 e. The van der Waals surface area contributed by atoms with Crippen molar-refractivity contribution in [3.63, 3.8) is 0 Å². The highest BCUT2D eigenvalue weighted by Gasteiger charge is 1.69. The number of nitrogens with zero attached hydrogens (tertiary/aromatic N) is 2. The van der Waals surface area contributed by atoms with Crippen LogP contribution in [0, 0.1) is 0 Å². The number of thiol groups is 1. The quantitative estimate of drug-likeness (QED) is 0.157. The first-order chi connectivity index (χ1) is 2.77. The molecule has 0 fully saturated rings. The highest BCUT2D eigenvalue weighted by molar-refractivity contribution is 7.78. The van der Waals surface area contributed by atoms with E-state index in [1.54, 1.807) is 7.05 Å². The Labute approximate surface area is 42.4 Å². The lowest BCUT2D eigenvalue weighted by Gasteiger charge is -1.96. The summed E-state index contributed by atoms with van der Waals surface area (Å²) in [5, 5.41) is 0. The van der Waals surface area contributed by atoms with Crippen molar-refractivity contribution in [2.24, 2.45) is 10.8 Å². The summed E-state index contributed by atoms with van der Waals surface area (Å²) >= 11 is 3.64. The molecule has 0 saturated heterocycles. The fourth-order valence-corrected chi connectivity index (χ4v) is 0.222. The van der Waals surface area contributed by atoms with E-state index >= 15 is 0 Å². The average molecular weight is 105 g/mol. The zero-order chi connectivity index (χ0) is 4.99. The van der Waals surface area contributed by atoms with Gasteiger partial charge in [-0.2, -0.15) is 0 Å². The van der Waals surface area contributed by atoms with Gasteiger partial charge in [0, 0.05) is 7.05 Å². The molecule has 0 unspecified atom stereocenters. The van der Waals surface area contributed by atoms with Gasteiger partial charge in [0.1, 0.15) is 6.34 Å². The molecule has 6 heavy (non-hydrogen) atoms. The summed E-state index contributed by atoms with van der Waals surface area (Å²) < 4.78 is 1.08. The maximum absolute atomic E-state index is 4.95. The summed E-state index contributed by atoms with van der Waals surface area (Å²) in [5.74, 6) is 4.95. The van der Waals surface area contributed by atoms with Crippen LogP contribution in [-0.4, -0.2) is 17.8 Å². The fraction of sp³-hybridized carbons (Fsp3) is 0.500. The van der Waals surface area contributed by atoms with Crippen LogP contribution >= 0.6 is 12.8 Å². The Morgan fingerprint density at radius 2 is 2.50 bits per heavy atom. The van der Waals surface area contributed by atoms with E-state index in [-0.39, 0.29) is 0 Å². The van der Waals surface area contributed by atoms with Gasteiger partial charge >= 0.3 is 0 Å². The van der Waals surface area contributed by atoms with E-state index in [2.05, 4.69) is 17.8 Å². The Kier molecular flexibility index (Phi) is 2.88. The first-order valence-electron chi connectivity index (χ1n) is 1.42.